The molecule has 0 amide bonds. The molecule has 2 unspecified atom stereocenters. The van der Waals surface area contributed by atoms with Crippen molar-refractivity contribution in [1.82, 2.24) is 4.90 Å². The van der Waals surface area contributed by atoms with Gasteiger partial charge in [0.15, 0.2) is 0 Å². The first-order valence-electron chi connectivity index (χ1n) is 6.74. The topological polar surface area (TPSA) is 29.3 Å². The molecule has 1 saturated heterocycles. The highest BCUT2D eigenvalue weighted by molar-refractivity contribution is 5.24. The summed E-state index contributed by atoms with van der Waals surface area (Å²) in [5.74, 6) is 0. The molecule has 0 bridgehead atoms. The molecule has 17 heavy (non-hydrogen) atoms. The van der Waals surface area contributed by atoms with Crippen molar-refractivity contribution in [2.75, 3.05) is 13.1 Å². The van der Waals surface area contributed by atoms with Crippen molar-refractivity contribution in [2.24, 2.45) is 5.73 Å². The fraction of sp³-hybridized carbons (Fsp3) is 0.600. The summed E-state index contributed by atoms with van der Waals surface area (Å²) in [5, 5.41) is 0. The zero-order valence-electron chi connectivity index (χ0n) is 11.0. The van der Waals surface area contributed by atoms with Gasteiger partial charge >= 0.3 is 0 Å². The average molecular weight is 232 g/mol. The minimum atomic E-state index is 0.133. The number of rotatable bonds is 3. The molecule has 1 aliphatic heterocycles. The summed E-state index contributed by atoms with van der Waals surface area (Å²) >= 11 is 0. The van der Waals surface area contributed by atoms with E-state index in [-0.39, 0.29) is 6.04 Å². The summed E-state index contributed by atoms with van der Waals surface area (Å²) in [5.41, 5.74) is 8.93. The van der Waals surface area contributed by atoms with Gasteiger partial charge in [-0.15, -0.1) is 0 Å². The Morgan fingerprint density at radius 1 is 1.06 bits per heavy atom. The molecular weight excluding hydrogens is 208 g/mol. The Balaban J connectivity index is 2.02. The second-order valence-electron chi connectivity index (χ2n) is 5.27. The van der Waals surface area contributed by atoms with Crippen LogP contribution in [0.25, 0.3) is 0 Å². The van der Waals surface area contributed by atoms with Gasteiger partial charge in [0.25, 0.3) is 0 Å². The molecule has 2 rings (SSSR count). The fourth-order valence-electron chi connectivity index (χ4n) is 2.62. The zero-order chi connectivity index (χ0) is 12.3. The van der Waals surface area contributed by atoms with E-state index in [0.717, 1.165) is 0 Å². The maximum absolute atomic E-state index is 6.38. The van der Waals surface area contributed by atoms with Crippen LogP contribution in [0.2, 0.25) is 0 Å². The Morgan fingerprint density at radius 3 is 2.24 bits per heavy atom. The number of nitrogens with two attached hydrogens (primary N) is 1. The molecule has 0 aliphatic carbocycles. The van der Waals surface area contributed by atoms with Gasteiger partial charge in [0.2, 0.25) is 0 Å². The van der Waals surface area contributed by atoms with Gasteiger partial charge < -0.3 is 5.73 Å². The quantitative estimate of drug-likeness (QED) is 0.868. The first kappa shape index (κ1) is 12.6. The van der Waals surface area contributed by atoms with Crippen LogP contribution in [0.15, 0.2) is 24.3 Å². The zero-order valence-corrected chi connectivity index (χ0v) is 11.0. The fourth-order valence-corrected chi connectivity index (χ4v) is 2.62. The van der Waals surface area contributed by atoms with Gasteiger partial charge in [-0.05, 0) is 45.3 Å². The highest BCUT2D eigenvalue weighted by atomic mass is 15.2. The Morgan fingerprint density at radius 2 is 1.65 bits per heavy atom. The van der Waals surface area contributed by atoms with Crippen LogP contribution in [0.4, 0.5) is 0 Å². The molecule has 94 valence electrons. The molecular formula is C15H24N2. The number of nitrogens with zero attached hydrogens (tertiary/aromatic N) is 1. The van der Waals surface area contributed by atoms with Gasteiger partial charge in [-0.2, -0.15) is 0 Å². The Labute approximate surface area is 105 Å². The van der Waals surface area contributed by atoms with Gasteiger partial charge in [-0.3, -0.25) is 4.90 Å². The molecule has 1 aromatic rings. The van der Waals surface area contributed by atoms with E-state index in [9.17, 15) is 0 Å². The second-order valence-corrected chi connectivity index (χ2v) is 5.27. The van der Waals surface area contributed by atoms with Crippen molar-refractivity contribution in [1.29, 1.82) is 0 Å². The lowest BCUT2D eigenvalue weighted by molar-refractivity contribution is 0.154. The minimum Gasteiger partial charge on any atom is -0.323 e. The van der Waals surface area contributed by atoms with E-state index in [2.05, 4.69) is 43.0 Å². The molecule has 1 aromatic carbocycles. The number of piperidine rings is 1. The molecule has 0 saturated carbocycles. The Bertz CT molecular complexity index is 338. The first-order chi connectivity index (χ1) is 8.18. The summed E-state index contributed by atoms with van der Waals surface area (Å²) in [7, 11) is 0. The first-order valence-corrected chi connectivity index (χ1v) is 6.74. The summed E-state index contributed by atoms with van der Waals surface area (Å²) < 4.78 is 0. The van der Waals surface area contributed by atoms with Crippen molar-refractivity contribution < 1.29 is 0 Å². The summed E-state index contributed by atoms with van der Waals surface area (Å²) in [6.45, 7) is 6.79. The minimum absolute atomic E-state index is 0.133. The third-order valence-corrected chi connectivity index (χ3v) is 3.95. The Hall–Kier alpha value is -0.860. The smallest absolute Gasteiger partial charge is 0.0450 e. The van der Waals surface area contributed by atoms with E-state index in [4.69, 9.17) is 5.73 Å². The van der Waals surface area contributed by atoms with E-state index in [1.807, 2.05) is 0 Å². The molecule has 2 heteroatoms. The van der Waals surface area contributed by atoms with Crippen LogP contribution in [0, 0.1) is 6.92 Å². The van der Waals surface area contributed by atoms with E-state index in [1.165, 1.54) is 43.5 Å². The Kier molecular flexibility index (Phi) is 4.19. The number of benzene rings is 1. The average Bonchev–Trinajstić information content (AvgIpc) is 2.39. The summed E-state index contributed by atoms with van der Waals surface area (Å²) in [4.78, 5) is 2.54. The number of hydrogen-bond acceptors (Lipinski definition) is 2. The van der Waals surface area contributed by atoms with Crippen LogP contribution in [0.5, 0.6) is 0 Å². The lowest BCUT2D eigenvalue weighted by atomic mass is 9.97. The normalized spacial score (nSPS) is 21.1. The molecule has 2 atom stereocenters. The predicted molar refractivity (Wildman–Crippen MR) is 73.0 cm³/mol. The van der Waals surface area contributed by atoms with E-state index >= 15 is 0 Å². The van der Waals surface area contributed by atoms with Crippen molar-refractivity contribution in [3.8, 4) is 0 Å². The third-order valence-electron chi connectivity index (χ3n) is 3.95. The molecule has 0 spiro atoms. The van der Waals surface area contributed by atoms with Gasteiger partial charge in [0.05, 0.1) is 0 Å². The summed E-state index contributed by atoms with van der Waals surface area (Å²) in [6, 6.07) is 9.21. The van der Waals surface area contributed by atoms with Crippen LogP contribution in [0.3, 0.4) is 0 Å². The van der Waals surface area contributed by atoms with Gasteiger partial charge in [0.1, 0.15) is 0 Å². The van der Waals surface area contributed by atoms with Gasteiger partial charge in [-0.25, -0.2) is 0 Å². The highest BCUT2D eigenvalue weighted by Gasteiger charge is 2.22. The van der Waals surface area contributed by atoms with Crippen molar-refractivity contribution in [2.45, 2.75) is 45.2 Å². The number of aryl methyl sites for hydroxylation is 1. The number of hydrogen-bond donors (Lipinski definition) is 1. The van der Waals surface area contributed by atoms with E-state index in [1.54, 1.807) is 0 Å². The largest absolute Gasteiger partial charge is 0.323 e. The number of likely N-dealkylation sites (tertiary alicyclic amines) is 1. The molecule has 0 aromatic heterocycles. The second kappa shape index (κ2) is 5.65. The molecule has 2 N–H and O–H groups in total. The predicted octanol–water partition coefficient (Wildman–Crippen LogP) is 2.87. The molecule has 1 heterocycles. The van der Waals surface area contributed by atoms with E-state index in [0.29, 0.717) is 6.04 Å². The van der Waals surface area contributed by atoms with Crippen LogP contribution >= 0.6 is 0 Å². The van der Waals surface area contributed by atoms with Crippen molar-refractivity contribution in [3.05, 3.63) is 35.4 Å². The van der Waals surface area contributed by atoms with Crippen molar-refractivity contribution >= 4 is 0 Å². The van der Waals surface area contributed by atoms with Gasteiger partial charge in [-0.1, -0.05) is 36.2 Å². The van der Waals surface area contributed by atoms with E-state index < -0.39 is 0 Å². The molecule has 2 nitrogen and oxygen atoms in total. The summed E-state index contributed by atoms with van der Waals surface area (Å²) in [6.07, 6.45) is 4.03. The third kappa shape index (κ3) is 3.08. The molecule has 1 fully saturated rings. The standard InChI is InChI=1S/C15H24N2/c1-12-6-8-14(9-7-12)15(16)13(2)17-10-4-3-5-11-17/h6-9,13,15H,3-5,10-11,16H2,1-2H3. The molecule has 1 aliphatic rings. The van der Waals surface area contributed by atoms with Crippen LogP contribution in [-0.2, 0) is 0 Å². The van der Waals surface area contributed by atoms with Crippen molar-refractivity contribution in [3.63, 3.8) is 0 Å². The lowest BCUT2D eigenvalue weighted by Gasteiger charge is -2.35. The van der Waals surface area contributed by atoms with Gasteiger partial charge in [0, 0.05) is 12.1 Å². The lowest BCUT2D eigenvalue weighted by Crippen LogP contribution is -2.43. The monoisotopic (exact) mass is 232 g/mol. The van der Waals surface area contributed by atoms with Crippen LogP contribution < -0.4 is 5.73 Å². The highest BCUT2D eigenvalue weighted by Crippen LogP contribution is 2.22. The van der Waals surface area contributed by atoms with Crippen LogP contribution in [0.1, 0.15) is 43.4 Å². The molecule has 0 radical (unpaired) electrons. The maximum atomic E-state index is 6.38. The van der Waals surface area contributed by atoms with Crippen LogP contribution in [-0.4, -0.2) is 24.0 Å². The SMILES string of the molecule is Cc1ccc(C(N)C(C)N2CCCCC2)cc1. The maximum Gasteiger partial charge on any atom is 0.0450 e.